The van der Waals surface area contributed by atoms with Crippen molar-refractivity contribution in [3.63, 3.8) is 0 Å². The zero-order chi connectivity index (χ0) is 12.4. The lowest BCUT2D eigenvalue weighted by atomic mass is 10.0. The Bertz CT molecular complexity index is 521. The van der Waals surface area contributed by atoms with E-state index >= 15 is 0 Å². The normalized spacial score (nSPS) is 10.9. The average Bonchev–Trinajstić information content (AvgIpc) is 2.30. The van der Waals surface area contributed by atoms with Gasteiger partial charge in [0.25, 0.3) is 0 Å². The van der Waals surface area contributed by atoms with Gasteiger partial charge in [-0.05, 0) is 44.8 Å². The van der Waals surface area contributed by atoms with Crippen LogP contribution in [0.2, 0.25) is 0 Å². The van der Waals surface area contributed by atoms with Crippen LogP contribution in [0.1, 0.15) is 10.4 Å². The first-order valence-corrected chi connectivity index (χ1v) is 7.38. The molecular formula is C13H8Br2Cl2. The van der Waals surface area contributed by atoms with Gasteiger partial charge in [-0.2, -0.15) is 0 Å². The van der Waals surface area contributed by atoms with E-state index < -0.39 is 4.84 Å². The fourth-order valence-corrected chi connectivity index (χ4v) is 3.18. The number of hydrogen-bond donors (Lipinski definition) is 0. The summed E-state index contributed by atoms with van der Waals surface area (Å²) in [7, 11) is 0. The maximum Gasteiger partial charge on any atom is 0.133 e. The fourth-order valence-electron chi connectivity index (χ4n) is 1.57. The summed E-state index contributed by atoms with van der Waals surface area (Å²) in [6.07, 6.45) is 0. The Hall–Kier alpha value is -0.0200. The largest absolute Gasteiger partial charge is 0.133 e. The summed E-state index contributed by atoms with van der Waals surface area (Å²) in [5, 5.41) is 0. The van der Waals surface area contributed by atoms with Gasteiger partial charge in [0.1, 0.15) is 4.84 Å². The minimum atomic E-state index is -0.528. The van der Waals surface area contributed by atoms with Gasteiger partial charge in [-0.3, -0.25) is 0 Å². The van der Waals surface area contributed by atoms with Crippen molar-refractivity contribution in [3.8, 4) is 11.1 Å². The van der Waals surface area contributed by atoms with Crippen LogP contribution in [0.15, 0.2) is 51.4 Å². The van der Waals surface area contributed by atoms with E-state index in [4.69, 9.17) is 23.2 Å². The quantitative estimate of drug-likeness (QED) is 0.520. The standard InChI is InChI=1S/C13H8Br2Cl2/c14-9-6-4-8(5-7-9)10-2-1-3-11(12(10)15)13(16)17/h1-7,13H. The van der Waals surface area contributed by atoms with E-state index in [1.807, 2.05) is 42.5 Å². The molecule has 0 aliphatic rings. The lowest BCUT2D eigenvalue weighted by Gasteiger charge is -2.10. The molecule has 4 heteroatoms. The zero-order valence-electron chi connectivity index (χ0n) is 8.63. The molecule has 0 aromatic heterocycles. The summed E-state index contributed by atoms with van der Waals surface area (Å²) in [5.41, 5.74) is 3.09. The van der Waals surface area contributed by atoms with Crippen LogP contribution >= 0.6 is 55.1 Å². The van der Waals surface area contributed by atoms with E-state index in [9.17, 15) is 0 Å². The van der Waals surface area contributed by atoms with Gasteiger partial charge in [0.15, 0.2) is 0 Å². The van der Waals surface area contributed by atoms with Crippen molar-refractivity contribution >= 4 is 55.1 Å². The first-order chi connectivity index (χ1) is 8.09. The van der Waals surface area contributed by atoms with Crippen LogP contribution in [0.3, 0.4) is 0 Å². The molecule has 0 aliphatic heterocycles. The highest BCUT2D eigenvalue weighted by Crippen LogP contribution is 2.37. The van der Waals surface area contributed by atoms with Gasteiger partial charge in [0, 0.05) is 8.95 Å². The van der Waals surface area contributed by atoms with E-state index in [0.29, 0.717) is 0 Å². The monoisotopic (exact) mass is 392 g/mol. The lowest BCUT2D eigenvalue weighted by molar-refractivity contribution is 1.32. The Morgan fingerprint density at radius 1 is 0.882 bits per heavy atom. The smallest absolute Gasteiger partial charge is 0.100 e. The van der Waals surface area contributed by atoms with E-state index in [2.05, 4.69) is 31.9 Å². The number of halogens is 4. The summed E-state index contributed by atoms with van der Waals surface area (Å²) < 4.78 is 2.00. The molecule has 2 rings (SSSR count). The number of benzene rings is 2. The second kappa shape index (κ2) is 5.75. The molecule has 0 radical (unpaired) electrons. The predicted octanol–water partition coefficient (Wildman–Crippen LogP) is 6.35. The minimum Gasteiger partial charge on any atom is -0.100 e. The van der Waals surface area contributed by atoms with Crippen molar-refractivity contribution in [2.24, 2.45) is 0 Å². The van der Waals surface area contributed by atoms with Gasteiger partial charge in [-0.25, -0.2) is 0 Å². The average molecular weight is 395 g/mol. The summed E-state index contributed by atoms with van der Waals surface area (Å²) in [5.74, 6) is 0. The van der Waals surface area contributed by atoms with E-state index in [1.54, 1.807) is 0 Å². The van der Waals surface area contributed by atoms with Crippen LogP contribution in [-0.4, -0.2) is 0 Å². The van der Waals surface area contributed by atoms with Gasteiger partial charge in [0.2, 0.25) is 0 Å². The van der Waals surface area contributed by atoms with Crippen LogP contribution in [0, 0.1) is 0 Å². The van der Waals surface area contributed by atoms with Crippen molar-refractivity contribution in [2.75, 3.05) is 0 Å². The minimum absolute atomic E-state index is 0.528. The molecule has 0 saturated heterocycles. The molecule has 0 atom stereocenters. The van der Waals surface area contributed by atoms with Gasteiger partial charge in [-0.15, -0.1) is 23.2 Å². The topological polar surface area (TPSA) is 0 Å². The molecule has 0 aliphatic carbocycles. The first kappa shape index (κ1) is 13.4. The van der Waals surface area contributed by atoms with Crippen molar-refractivity contribution in [2.45, 2.75) is 4.84 Å². The van der Waals surface area contributed by atoms with Crippen LogP contribution in [0.25, 0.3) is 11.1 Å². The Balaban J connectivity index is 2.52. The summed E-state index contributed by atoms with van der Waals surface area (Å²) in [6, 6.07) is 14.0. The SMILES string of the molecule is ClC(Cl)c1cccc(-c2ccc(Br)cc2)c1Br. The maximum atomic E-state index is 5.92. The third-order valence-corrected chi connectivity index (χ3v) is 4.30. The van der Waals surface area contributed by atoms with Crippen molar-refractivity contribution in [1.29, 1.82) is 0 Å². The molecule has 0 nitrogen and oxygen atoms in total. The summed E-state index contributed by atoms with van der Waals surface area (Å²) >= 11 is 18.8. The molecule has 88 valence electrons. The fraction of sp³-hybridized carbons (Fsp3) is 0.0769. The van der Waals surface area contributed by atoms with Gasteiger partial charge in [-0.1, -0.05) is 46.3 Å². The Labute approximate surface area is 127 Å². The molecule has 0 unspecified atom stereocenters. The third-order valence-electron chi connectivity index (χ3n) is 2.42. The third kappa shape index (κ3) is 3.05. The highest BCUT2D eigenvalue weighted by molar-refractivity contribution is 9.11. The molecular weight excluding hydrogens is 387 g/mol. The lowest BCUT2D eigenvalue weighted by Crippen LogP contribution is -1.87. The Morgan fingerprint density at radius 3 is 2.12 bits per heavy atom. The zero-order valence-corrected chi connectivity index (χ0v) is 13.3. The van der Waals surface area contributed by atoms with Crippen LogP contribution in [-0.2, 0) is 0 Å². The van der Waals surface area contributed by atoms with Gasteiger partial charge in [0.05, 0.1) is 0 Å². The maximum absolute atomic E-state index is 5.92. The number of hydrogen-bond acceptors (Lipinski definition) is 0. The molecule has 0 fully saturated rings. The predicted molar refractivity (Wildman–Crippen MR) is 81.7 cm³/mol. The molecule has 0 spiro atoms. The van der Waals surface area contributed by atoms with E-state index in [-0.39, 0.29) is 0 Å². The first-order valence-electron chi connectivity index (χ1n) is 4.92. The number of alkyl halides is 2. The molecule has 0 amide bonds. The van der Waals surface area contributed by atoms with E-state index in [1.165, 1.54) is 0 Å². The highest BCUT2D eigenvalue weighted by atomic mass is 79.9. The molecule has 2 aromatic carbocycles. The van der Waals surface area contributed by atoms with Gasteiger partial charge >= 0.3 is 0 Å². The Kier molecular flexibility index (Phi) is 4.53. The van der Waals surface area contributed by atoms with Crippen molar-refractivity contribution in [1.82, 2.24) is 0 Å². The van der Waals surface area contributed by atoms with E-state index in [0.717, 1.165) is 25.6 Å². The second-order valence-electron chi connectivity index (χ2n) is 3.52. The number of rotatable bonds is 2. The molecule has 0 heterocycles. The van der Waals surface area contributed by atoms with Crippen molar-refractivity contribution < 1.29 is 0 Å². The molecule has 0 saturated carbocycles. The van der Waals surface area contributed by atoms with Crippen LogP contribution in [0.5, 0.6) is 0 Å². The Morgan fingerprint density at radius 2 is 1.53 bits per heavy atom. The second-order valence-corrected chi connectivity index (χ2v) is 6.32. The van der Waals surface area contributed by atoms with Gasteiger partial charge < -0.3 is 0 Å². The molecule has 0 bridgehead atoms. The molecule has 2 aromatic rings. The molecule has 17 heavy (non-hydrogen) atoms. The highest BCUT2D eigenvalue weighted by Gasteiger charge is 2.12. The summed E-state index contributed by atoms with van der Waals surface area (Å²) in [4.78, 5) is -0.528. The van der Waals surface area contributed by atoms with Crippen molar-refractivity contribution in [3.05, 3.63) is 57.0 Å². The molecule has 0 N–H and O–H groups in total. The van der Waals surface area contributed by atoms with Crippen LogP contribution in [0.4, 0.5) is 0 Å². The summed E-state index contributed by atoms with van der Waals surface area (Å²) in [6.45, 7) is 0. The van der Waals surface area contributed by atoms with Crippen LogP contribution < -0.4 is 0 Å².